The van der Waals surface area contributed by atoms with Gasteiger partial charge in [-0.15, -0.1) is 0 Å². The number of ether oxygens (including phenoxy) is 1. The number of methoxy groups -OCH3 is 1. The highest BCUT2D eigenvalue weighted by Gasteiger charge is 2.21. The zero-order valence-corrected chi connectivity index (χ0v) is 18.5. The SMILES string of the molecule is COc1ccccc1N(CCCC(=O)NC(C)c1ccc(C)cc1C)S(C)(=O)=O. The van der Waals surface area contributed by atoms with Gasteiger partial charge in [-0.05, 0) is 50.5 Å². The van der Waals surface area contributed by atoms with Crippen LogP contribution in [0.15, 0.2) is 42.5 Å². The lowest BCUT2D eigenvalue weighted by atomic mass is 10.00. The molecule has 1 amide bonds. The van der Waals surface area contributed by atoms with Crippen LogP contribution < -0.4 is 14.4 Å². The van der Waals surface area contributed by atoms with E-state index in [2.05, 4.69) is 11.4 Å². The molecule has 0 spiro atoms. The highest BCUT2D eigenvalue weighted by molar-refractivity contribution is 7.92. The summed E-state index contributed by atoms with van der Waals surface area (Å²) < 4.78 is 31.1. The van der Waals surface area contributed by atoms with Crippen molar-refractivity contribution in [3.63, 3.8) is 0 Å². The van der Waals surface area contributed by atoms with Crippen molar-refractivity contribution in [1.29, 1.82) is 0 Å². The van der Waals surface area contributed by atoms with E-state index in [4.69, 9.17) is 4.74 Å². The van der Waals surface area contributed by atoms with Gasteiger partial charge in [0.25, 0.3) is 0 Å². The fourth-order valence-corrected chi connectivity index (χ4v) is 4.36. The molecule has 7 heteroatoms. The number of sulfonamides is 1. The summed E-state index contributed by atoms with van der Waals surface area (Å²) in [7, 11) is -2.00. The number of hydrogen-bond donors (Lipinski definition) is 1. The van der Waals surface area contributed by atoms with Gasteiger partial charge < -0.3 is 10.1 Å². The molecule has 0 saturated heterocycles. The number of carbonyl (C=O) groups is 1. The third-order valence-electron chi connectivity index (χ3n) is 4.79. The van der Waals surface area contributed by atoms with Crippen LogP contribution in [0.5, 0.6) is 5.75 Å². The molecule has 0 bridgehead atoms. The summed E-state index contributed by atoms with van der Waals surface area (Å²) in [5, 5.41) is 3.00. The lowest BCUT2D eigenvalue weighted by molar-refractivity contribution is -0.121. The van der Waals surface area contributed by atoms with Crippen LogP contribution in [0.4, 0.5) is 5.69 Å². The van der Waals surface area contributed by atoms with Crippen LogP contribution in [0.1, 0.15) is 42.5 Å². The van der Waals surface area contributed by atoms with Crippen LogP contribution in [0, 0.1) is 13.8 Å². The first-order valence-corrected chi connectivity index (χ1v) is 11.5. The predicted molar refractivity (Wildman–Crippen MR) is 117 cm³/mol. The third-order valence-corrected chi connectivity index (χ3v) is 5.97. The average Bonchev–Trinajstić information content (AvgIpc) is 2.64. The van der Waals surface area contributed by atoms with E-state index >= 15 is 0 Å². The second kappa shape index (κ2) is 9.78. The second-order valence-electron chi connectivity index (χ2n) is 7.26. The molecule has 0 aliphatic rings. The van der Waals surface area contributed by atoms with E-state index in [-0.39, 0.29) is 24.9 Å². The standard InChI is InChI=1S/C22H30N2O4S/c1-16-12-13-19(17(2)15-16)18(3)23-22(25)11-8-14-24(29(5,26)27)20-9-6-7-10-21(20)28-4/h6-7,9-10,12-13,15,18H,8,11,14H2,1-5H3,(H,23,25). The summed E-state index contributed by atoms with van der Waals surface area (Å²) in [4.78, 5) is 12.4. The summed E-state index contributed by atoms with van der Waals surface area (Å²) in [5.74, 6) is 0.372. The van der Waals surface area contributed by atoms with Crippen molar-refractivity contribution in [3.8, 4) is 5.75 Å². The van der Waals surface area contributed by atoms with E-state index in [0.29, 0.717) is 17.9 Å². The Bertz CT molecular complexity index is 957. The Labute approximate surface area is 173 Å². The van der Waals surface area contributed by atoms with Crippen molar-refractivity contribution in [1.82, 2.24) is 5.32 Å². The molecule has 0 aromatic heterocycles. The Morgan fingerprint density at radius 2 is 1.86 bits per heavy atom. The molecule has 29 heavy (non-hydrogen) atoms. The van der Waals surface area contributed by atoms with Crippen molar-refractivity contribution >= 4 is 21.6 Å². The maximum atomic E-state index is 12.4. The van der Waals surface area contributed by atoms with Gasteiger partial charge in [0.1, 0.15) is 5.75 Å². The maximum absolute atomic E-state index is 12.4. The van der Waals surface area contributed by atoms with E-state index < -0.39 is 10.0 Å². The molecule has 1 atom stereocenters. The van der Waals surface area contributed by atoms with Crippen LogP contribution >= 0.6 is 0 Å². The largest absolute Gasteiger partial charge is 0.495 e. The summed E-state index contributed by atoms with van der Waals surface area (Å²) in [6, 6.07) is 13.0. The first-order chi connectivity index (χ1) is 13.6. The van der Waals surface area contributed by atoms with Crippen molar-refractivity contribution in [3.05, 3.63) is 59.2 Å². The summed E-state index contributed by atoms with van der Waals surface area (Å²) in [6.07, 6.45) is 1.79. The normalized spacial score (nSPS) is 12.3. The first-order valence-electron chi connectivity index (χ1n) is 9.60. The number of para-hydroxylation sites is 2. The zero-order valence-electron chi connectivity index (χ0n) is 17.7. The molecule has 1 unspecified atom stereocenters. The van der Waals surface area contributed by atoms with Crippen LogP contribution in [-0.2, 0) is 14.8 Å². The Hall–Kier alpha value is -2.54. The van der Waals surface area contributed by atoms with E-state index in [1.165, 1.54) is 17.0 Å². The minimum atomic E-state index is -3.50. The van der Waals surface area contributed by atoms with Crippen molar-refractivity contribution in [2.75, 3.05) is 24.2 Å². The molecule has 158 valence electrons. The number of anilines is 1. The number of aryl methyl sites for hydroxylation is 2. The quantitative estimate of drug-likeness (QED) is 0.673. The number of benzene rings is 2. The molecule has 2 aromatic carbocycles. The Kier molecular flexibility index (Phi) is 7.67. The average molecular weight is 419 g/mol. The Morgan fingerprint density at radius 1 is 1.17 bits per heavy atom. The maximum Gasteiger partial charge on any atom is 0.232 e. The molecule has 0 aliphatic heterocycles. The van der Waals surface area contributed by atoms with E-state index in [1.54, 1.807) is 24.3 Å². The molecular formula is C22H30N2O4S. The highest BCUT2D eigenvalue weighted by atomic mass is 32.2. The fraction of sp³-hybridized carbons (Fsp3) is 0.409. The highest BCUT2D eigenvalue weighted by Crippen LogP contribution is 2.29. The fourth-order valence-electron chi connectivity index (χ4n) is 3.39. The van der Waals surface area contributed by atoms with Crippen LogP contribution in [-0.4, -0.2) is 34.2 Å². The van der Waals surface area contributed by atoms with Gasteiger partial charge in [0.05, 0.1) is 25.1 Å². The zero-order chi connectivity index (χ0) is 21.6. The molecule has 2 rings (SSSR count). The Morgan fingerprint density at radius 3 is 2.48 bits per heavy atom. The summed E-state index contributed by atoms with van der Waals surface area (Å²) >= 11 is 0. The molecule has 6 nitrogen and oxygen atoms in total. The second-order valence-corrected chi connectivity index (χ2v) is 9.17. The van der Waals surface area contributed by atoms with E-state index in [0.717, 1.165) is 17.4 Å². The summed E-state index contributed by atoms with van der Waals surface area (Å²) in [5.41, 5.74) is 3.87. The first kappa shape index (κ1) is 22.7. The number of amides is 1. The van der Waals surface area contributed by atoms with Gasteiger partial charge in [-0.25, -0.2) is 8.42 Å². The molecule has 0 radical (unpaired) electrons. The van der Waals surface area contributed by atoms with Crippen LogP contribution in [0.2, 0.25) is 0 Å². The molecule has 0 aliphatic carbocycles. The van der Waals surface area contributed by atoms with Crippen molar-refractivity contribution < 1.29 is 17.9 Å². The van der Waals surface area contributed by atoms with Crippen LogP contribution in [0.25, 0.3) is 0 Å². The van der Waals surface area contributed by atoms with Gasteiger partial charge >= 0.3 is 0 Å². The topological polar surface area (TPSA) is 75.7 Å². The minimum absolute atomic E-state index is 0.106. The van der Waals surface area contributed by atoms with Gasteiger partial charge in [0.2, 0.25) is 15.9 Å². The number of hydrogen-bond acceptors (Lipinski definition) is 4. The van der Waals surface area contributed by atoms with Gasteiger partial charge in [-0.1, -0.05) is 35.9 Å². The number of nitrogens with zero attached hydrogens (tertiary/aromatic N) is 1. The van der Waals surface area contributed by atoms with Crippen LogP contribution in [0.3, 0.4) is 0 Å². The molecule has 0 fully saturated rings. The van der Waals surface area contributed by atoms with E-state index in [1.807, 2.05) is 32.9 Å². The minimum Gasteiger partial charge on any atom is -0.495 e. The van der Waals surface area contributed by atoms with Crippen molar-refractivity contribution in [2.24, 2.45) is 0 Å². The predicted octanol–water partition coefficient (Wildman–Crippen LogP) is 3.74. The van der Waals surface area contributed by atoms with E-state index in [9.17, 15) is 13.2 Å². The van der Waals surface area contributed by atoms with Gasteiger partial charge in [0.15, 0.2) is 0 Å². The lowest BCUT2D eigenvalue weighted by Gasteiger charge is -2.24. The number of nitrogens with one attached hydrogen (secondary N) is 1. The van der Waals surface area contributed by atoms with Gasteiger partial charge in [-0.2, -0.15) is 0 Å². The monoisotopic (exact) mass is 418 g/mol. The smallest absolute Gasteiger partial charge is 0.232 e. The molecule has 1 N–H and O–H groups in total. The third kappa shape index (κ3) is 6.22. The van der Waals surface area contributed by atoms with Crippen molar-refractivity contribution in [2.45, 2.75) is 39.7 Å². The Balaban J connectivity index is 1.99. The lowest BCUT2D eigenvalue weighted by Crippen LogP contribution is -2.33. The number of rotatable bonds is 9. The molecule has 0 heterocycles. The van der Waals surface area contributed by atoms with Gasteiger partial charge in [0, 0.05) is 13.0 Å². The number of carbonyl (C=O) groups excluding carboxylic acids is 1. The van der Waals surface area contributed by atoms with Gasteiger partial charge in [-0.3, -0.25) is 9.10 Å². The molecule has 2 aromatic rings. The summed E-state index contributed by atoms with van der Waals surface area (Å²) in [6.45, 7) is 6.22. The molecule has 0 saturated carbocycles. The molecular weight excluding hydrogens is 388 g/mol.